The third-order valence-corrected chi connectivity index (χ3v) is 4.01. The SMILES string of the molecule is CCNC(=NCc1cc(Cl)c(Cl)n1C)NCCCOCC(C)C. The highest BCUT2D eigenvalue weighted by molar-refractivity contribution is 6.41. The van der Waals surface area contributed by atoms with Crippen LogP contribution in [0.3, 0.4) is 0 Å². The summed E-state index contributed by atoms with van der Waals surface area (Å²) in [5.74, 6) is 1.36. The Hall–Kier alpha value is -0.910. The molecule has 2 N–H and O–H groups in total. The molecule has 0 spiro atoms. The molecule has 0 fully saturated rings. The first-order chi connectivity index (χ1) is 11.0. The van der Waals surface area contributed by atoms with E-state index in [2.05, 4.69) is 29.5 Å². The first kappa shape index (κ1) is 20.1. The van der Waals surface area contributed by atoms with E-state index in [9.17, 15) is 0 Å². The van der Waals surface area contributed by atoms with Crippen molar-refractivity contribution in [2.24, 2.45) is 18.0 Å². The largest absolute Gasteiger partial charge is 0.381 e. The summed E-state index contributed by atoms with van der Waals surface area (Å²) in [5.41, 5.74) is 0.970. The Morgan fingerprint density at radius 3 is 2.65 bits per heavy atom. The molecule has 0 bridgehead atoms. The highest BCUT2D eigenvalue weighted by Crippen LogP contribution is 2.25. The fourth-order valence-electron chi connectivity index (χ4n) is 1.94. The summed E-state index contributed by atoms with van der Waals surface area (Å²) >= 11 is 12.1. The van der Waals surface area contributed by atoms with Gasteiger partial charge in [0.15, 0.2) is 5.96 Å². The molecule has 0 unspecified atom stereocenters. The van der Waals surface area contributed by atoms with E-state index in [0.717, 1.165) is 44.4 Å². The molecule has 0 aliphatic heterocycles. The van der Waals surface area contributed by atoms with E-state index in [1.807, 2.05) is 24.6 Å². The molecule has 0 atom stereocenters. The molecule has 132 valence electrons. The van der Waals surface area contributed by atoms with E-state index < -0.39 is 0 Å². The predicted octanol–water partition coefficient (Wildman–Crippen LogP) is 3.45. The minimum absolute atomic E-state index is 0.516. The Morgan fingerprint density at radius 1 is 1.35 bits per heavy atom. The Labute approximate surface area is 149 Å². The third-order valence-electron chi connectivity index (χ3n) is 3.17. The molecule has 0 aliphatic rings. The number of ether oxygens (including phenoxy) is 1. The number of aromatic nitrogens is 1. The molecule has 23 heavy (non-hydrogen) atoms. The second kappa shape index (κ2) is 10.8. The van der Waals surface area contributed by atoms with Gasteiger partial charge in [0.05, 0.1) is 11.6 Å². The topological polar surface area (TPSA) is 50.6 Å². The van der Waals surface area contributed by atoms with Crippen LogP contribution in [0.15, 0.2) is 11.1 Å². The summed E-state index contributed by atoms with van der Waals surface area (Å²) in [4.78, 5) is 4.56. The molecule has 0 radical (unpaired) electrons. The predicted molar refractivity (Wildman–Crippen MR) is 98.5 cm³/mol. The number of hydrogen-bond acceptors (Lipinski definition) is 2. The van der Waals surface area contributed by atoms with Gasteiger partial charge in [-0.1, -0.05) is 37.0 Å². The summed E-state index contributed by atoms with van der Waals surface area (Å²) in [5, 5.41) is 7.62. The number of rotatable bonds is 9. The lowest BCUT2D eigenvalue weighted by atomic mass is 10.2. The van der Waals surface area contributed by atoms with Gasteiger partial charge in [-0.05, 0) is 25.3 Å². The Morgan fingerprint density at radius 2 is 2.09 bits per heavy atom. The maximum atomic E-state index is 6.07. The average Bonchev–Trinajstić information content (AvgIpc) is 2.75. The average molecular weight is 363 g/mol. The Balaban J connectivity index is 2.42. The van der Waals surface area contributed by atoms with Crippen LogP contribution in [0, 0.1) is 5.92 Å². The van der Waals surface area contributed by atoms with E-state index in [0.29, 0.717) is 22.6 Å². The lowest BCUT2D eigenvalue weighted by Crippen LogP contribution is -2.38. The molecule has 0 amide bonds. The van der Waals surface area contributed by atoms with Crippen LogP contribution in [-0.4, -0.2) is 36.8 Å². The molecule has 1 heterocycles. The zero-order valence-electron chi connectivity index (χ0n) is 14.5. The summed E-state index contributed by atoms with van der Waals surface area (Å²) in [6, 6.07) is 1.84. The van der Waals surface area contributed by atoms with Gasteiger partial charge >= 0.3 is 0 Å². The van der Waals surface area contributed by atoms with Crippen LogP contribution < -0.4 is 10.6 Å². The van der Waals surface area contributed by atoms with Crippen molar-refractivity contribution in [2.45, 2.75) is 33.7 Å². The first-order valence-electron chi connectivity index (χ1n) is 8.05. The molecule has 0 saturated heterocycles. The summed E-state index contributed by atoms with van der Waals surface area (Å²) in [6.07, 6.45) is 0.943. The van der Waals surface area contributed by atoms with Gasteiger partial charge in [-0.3, -0.25) is 0 Å². The number of aliphatic imine (C=N–C) groups is 1. The standard InChI is InChI=1S/C16H28Cl2N4O/c1-5-19-16(20-7-6-8-23-11-12(2)3)21-10-13-9-14(17)15(18)22(13)4/h9,12H,5-8,10-11H2,1-4H3,(H2,19,20,21). The number of halogens is 2. The minimum atomic E-state index is 0.516. The highest BCUT2D eigenvalue weighted by Gasteiger charge is 2.08. The molecule has 0 aliphatic carbocycles. The van der Waals surface area contributed by atoms with Gasteiger partial charge < -0.3 is 19.9 Å². The van der Waals surface area contributed by atoms with E-state index in [4.69, 9.17) is 27.9 Å². The zero-order valence-corrected chi connectivity index (χ0v) is 16.0. The van der Waals surface area contributed by atoms with Crippen LogP contribution in [0.5, 0.6) is 0 Å². The van der Waals surface area contributed by atoms with Crippen LogP contribution in [0.25, 0.3) is 0 Å². The van der Waals surface area contributed by atoms with Crippen LogP contribution >= 0.6 is 23.2 Å². The molecular weight excluding hydrogens is 335 g/mol. The van der Waals surface area contributed by atoms with Gasteiger partial charge in [0.2, 0.25) is 0 Å². The van der Waals surface area contributed by atoms with Gasteiger partial charge in [0.1, 0.15) is 5.15 Å². The molecule has 7 heteroatoms. The van der Waals surface area contributed by atoms with Crippen molar-refractivity contribution in [3.8, 4) is 0 Å². The van der Waals surface area contributed by atoms with Crippen molar-refractivity contribution in [3.63, 3.8) is 0 Å². The van der Waals surface area contributed by atoms with Crippen molar-refractivity contribution >= 4 is 29.2 Å². The fraction of sp³-hybridized carbons (Fsp3) is 0.688. The van der Waals surface area contributed by atoms with Crippen LogP contribution in [0.2, 0.25) is 10.2 Å². The minimum Gasteiger partial charge on any atom is -0.381 e. The number of guanidine groups is 1. The van der Waals surface area contributed by atoms with E-state index >= 15 is 0 Å². The normalized spacial score (nSPS) is 12.0. The fourth-order valence-corrected chi connectivity index (χ4v) is 2.36. The Kier molecular flexibility index (Phi) is 9.44. The van der Waals surface area contributed by atoms with Gasteiger partial charge in [0, 0.05) is 39.0 Å². The molecule has 1 rings (SSSR count). The van der Waals surface area contributed by atoms with Crippen molar-refractivity contribution in [1.82, 2.24) is 15.2 Å². The van der Waals surface area contributed by atoms with Crippen molar-refractivity contribution < 1.29 is 4.74 Å². The Bertz CT molecular complexity index is 501. The second-order valence-corrected chi connectivity index (χ2v) is 6.54. The second-order valence-electron chi connectivity index (χ2n) is 5.78. The molecular formula is C16H28Cl2N4O. The van der Waals surface area contributed by atoms with Crippen LogP contribution in [-0.2, 0) is 18.3 Å². The van der Waals surface area contributed by atoms with Gasteiger partial charge in [-0.2, -0.15) is 0 Å². The van der Waals surface area contributed by atoms with Crippen LogP contribution in [0.4, 0.5) is 0 Å². The molecule has 0 aromatic carbocycles. The summed E-state index contributed by atoms with van der Waals surface area (Å²) in [6.45, 7) is 10.0. The molecule has 5 nitrogen and oxygen atoms in total. The molecule has 1 aromatic rings. The highest BCUT2D eigenvalue weighted by atomic mass is 35.5. The van der Waals surface area contributed by atoms with Gasteiger partial charge in [-0.25, -0.2) is 4.99 Å². The smallest absolute Gasteiger partial charge is 0.191 e. The van der Waals surface area contributed by atoms with E-state index in [1.54, 1.807) is 0 Å². The third kappa shape index (κ3) is 7.46. The monoisotopic (exact) mass is 362 g/mol. The molecule has 0 saturated carbocycles. The van der Waals surface area contributed by atoms with Gasteiger partial charge in [-0.15, -0.1) is 0 Å². The molecule has 1 aromatic heterocycles. The zero-order chi connectivity index (χ0) is 17.2. The number of hydrogen-bond donors (Lipinski definition) is 2. The van der Waals surface area contributed by atoms with Crippen molar-refractivity contribution in [3.05, 3.63) is 21.9 Å². The summed E-state index contributed by atoms with van der Waals surface area (Å²) < 4.78 is 7.41. The lowest BCUT2D eigenvalue weighted by Gasteiger charge is -2.12. The van der Waals surface area contributed by atoms with Gasteiger partial charge in [0.25, 0.3) is 0 Å². The first-order valence-corrected chi connectivity index (χ1v) is 8.80. The lowest BCUT2D eigenvalue weighted by molar-refractivity contribution is 0.108. The number of nitrogens with zero attached hydrogens (tertiary/aromatic N) is 2. The van der Waals surface area contributed by atoms with Crippen molar-refractivity contribution in [1.29, 1.82) is 0 Å². The van der Waals surface area contributed by atoms with Crippen molar-refractivity contribution in [2.75, 3.05) is 26.3 Å². The van der Waals surface area contributed by atoms with E-state index in [1.165, 1.54) is 0 Å². The van der Waals surface area contributed by atoms with Crippen LogP contribution in [0.1, 0.15) is 32.9 Å². The van der Waals surface area contributed by atoms with E-state index in [-0.39, 0.29) is 0 Å². The quantitative estimate of drug-likeness (QED) is 0.401. The maximum Gasteiger partial charge on any atom is 0.191 e. The summed E-state index contributed by atoms with van der Waals surface area (Å²) in [7, 11) is 1.88. The number of nitrogens with one attached hydrogen (secondary N) is 2. The maximum absolute atomic E-state index is 6.07.